The summed E-state index contributed by atoms with van der Waals surface area (Å²) < 4.78 is 13.1. The normalized spacial score (nSPS) is 17.7. The highest BCUT2D eigenvalue weighted by Crippen LogP contribution is 2.29. The van der Waals surface area contributed by atoms with Crippen molar-refractivity contribution in [3.63, 3.8) is 0 Å². The second kappa shape index (κ2) is 4.15. The van der Waals surface area contributed by atoms with Crippen molar-refractivity contribution in [2.45, 2.75) is 32.2 Å². The zero-order valence-corrected chi connectivity index (χ0v) is 8.96. The van der Waals surface area contributed by atoms with Crippen LogP contribution in [0.1, 0.15) is 36.4 Å². The van der Waals surface area contributed by atoms with Gasteiger partial charge in [0.1, 0.15) is 5.82 Å². The molecule has 0 saturated carbocycles. The molecule has 1 nitrogen and oxygen atoms in total. The van der Waals surface area contributed by atoms with Gasteiger partial charge >= 0.3 is 0 Å². The van der Waals surface area contributed by atoms with E-state index in [4.69, 9.17) is 5.73 Å². The van der Waals surface area contributed by atoms with Gasteiger partial charge in [0.15, 0.2) is 0 Å². The van der Waals surface area contributed by atoms with E-state index in [0.717, 1.165) is 18.4 Å². The van der Waals surface area contributed by atoms with Gasteiger partial charge in [0, 0.05) is 0 Å². The lowest BCUT2D eigenvalue weighted by molar-refractivity contribution is 0.616. The van der Waals surface area contributed by atoms with Gasteiger partial charge in [0.2, 0.25) is 0 Å². The van der Waals surface area contributed by atoms with Crippen LogP contribution in [0.15, 0.2) is 29.8 Å². The minimum absolute atomic E-state index is 0.0493. The highest BCUT2D eigenvalue weighted by Gasteiger charge is 2.15. The molecule has 1 aromatic carbocycles. The van der Waals surface area contributed by atoms with Gasteiger partial charge in [-0.1, -0.05) is 23.8 Å². The van der Waals surface area contributed by atoms with Gasteiger partial charge in [-0.3, -0.25) is 0 Å². The molecule has 1 aromatic rings. The maximum absolute atomic E-state index is 13.1. The number of allylic oxidation sites excluding steroid dienone is 1. The van der Waals surface area contributed by atoms with Gasteiger partial charge in [0.05, 0.1) is 6.04 Å². The van der Waals surface area contributed by atoms with E-state index in [0.29, 0.717) is 5.56 Å². The second-order valence-electron chi connectivity index (χ2n) is 4.16. The zero-order valence-electron chi connectivity index (χ0n) is 8.96. The van der Waals surface area contributed by atoms with Crippen molar-refractivity contribution in [2.75, 3.05) is 0 Å². The molecule has 15 heavy (non-hydrogen) atoms. The summed E-state index contributed by atoms with van der Waals surface area (Å²) in [5.41, 5.74) is 9.10. The van der Waals surface area contributed by atoms with Crippen LogP contribution in [-0.4, -0.2) is 0 Å². The fraction of sp³-hybridized carbons (Fsp3) is 0.385. The van der Waals surface area contributed by atoms with Crippen LogP contribution >= 0.6 is 0 Å². The molecule has 80 valence electrons. The molecule has 0 heterocycles. The van der Waals surface area contributed by atoms with Crippen molar-refractivity contribution in [2.24, 2.45) is 5.73 Å². The molecule has 0 radical (unpaired) electrons. The predicted octanol–water partition coefficient (Wildman–Crippen LogP) is 3.24. The Hall–Kier alpha value is -1.15. The maximum atomic E-state index is 13.1. The second-order valence-corrected chi connectivity index (χ2v) is 4.16. The lowest BCUT2D eigenvalue weighted by atomic mass is 9.97. The molecule has 1 unspecified atom stereocenters. The standard InChI is InChI=1S/C13H16FN/c1-9-8-11(6-7-12(9)14)13(15)10-4-2-3-5-10/h4,6-8,13H,2-3,5,15H2,1H3. The van der Waals surface area contributed by atoms with E-state index in [1.54, 1.807) is 13.0 Å². The van der Waals surface area contributed by atoms with E-state index in [-0.39, 0.29) is 11.9 Å². The largest absolute Gasteiger partial charge is 0.321 e. The summed E-state index contributed by atoms with van der Waals surface area (Å²) >= 11 is 0. The molecular formula is C13H16FN. The number of hydrogen-bond acceptors (Lipinski definition) is 1. The van der Waals surface area contributed by atoms with Crippen molar-refractivity contribution in [3.05, 3.63) is 46.8 Å². The Bertz CT molecular complexity index is 396. The van der Waals surface area contributed by atoms with Crippen LogP contribution in [0, 0.1) is 12.7 Å². The number of aryl methyl sites for hydroxylation is 1. The summed E-state index contributed by atoms with van der Waals surface area (Å²) in [5, 5.41) is 0. The molecule has 1 aliphatic rings. The SMILES string of the molecule is Cc1cc(C(N)C2=CCCC2)ccc1F. The third-order valence-corrected chi connectivity index (χ3v) is 3.02. The van der Waals surface area contributed by atoms with Crippen LogP contribution in [0.4, 0.5) is 4.39 Å². The van der Waals surface area contributed by atoms with Crippen molar-refractivity contribution < 1.29 is 4.39 Å². The molecule has 1 atom stereocenters. The molecule has 2 rings (SSSR count). The van der Waals surface area contributed by atoms with E-state index >= 15 is 0 Å². The fourth-order valence-electron chi connectivity index (χ4n) is 2.05. The topological polar surface area (TPSA) is 26.0 Å². The Morgan fingerprint density at radius 3 is 2.80 bits per heavy atom. The molecule has 0 aliphatic heterocycles. The van der Waals surface area contributed by atoms with Gasteiger partial charge in [-0.25, -0.2) is 4.39 Å². The lowest BCUT2D eigenvalue weighted by Gasteiger charge is -2.14. The molecular weight excluding hydrogens is 189 g/mol. The molecule has 2 N–H and O–H groups in total. The highest BCUT2D eigenvalue weighted by atomic mass is 19.1. The molecule has 0 saturated heterocycles. The Morgan fingerprint density at radius 2 is 2.20 bits per heavy atom. The molecule has 0 amide bonds. The molecule has 0 aromatic heterocycles. The van der Waals surface area contributed by atoms with Crippen molar-refractivity contribution >= 4 is 0 Å². The summed E-state index contributed by atoms with van der Waals surface area (Å²) in [4.78, 5) is 0. The average molecular weight is 205 g/mol. The predicted molar refractivity (Wildman–Crippen MR) is 60.0 cm³/mol. The van der Waals surface area contributed by atoms with E-state index in [9.17, 15) is 4.39 Å². The third kappa shape index (κ3) is 2.10. The molecule has 0 spiro atoms. The van der Waals surface area contributed by atoms with Crippen LogP contribution in [0.25, 0.3) is 0 Å². The first kappa shape index (κ1) is 10.4. The van der Waals surface area contributed by atoms with Gasteiger partial charge in [-0.05, 0) is 43.4 Å². The number of rotatable bonds is 2. The third-order valence-electron chi connectivity index (χ3n) is 3.02. The average Bonchev–Trinajstić information content (AvgIpc) is 2.74. The lowest BCUT2D eigenvalue weighted by Crippen LogP contribution is -2.12. The first-order valence-corrected chi connectivity index (χ1v) is 5.39. The van der Waals surface area contributed by atoms with E-state index in [1.807, 2.05) is 6.07 Å². The van der Waals surface area contributed by atoms with Crippen molar-refractivity contribution in [1.82, 2.24) is 0 Å². The monoisotopic (exact) mass is 205 g/mol. The smallest absolute Gasteiger partial charge is 0.126 e. The molecule has 2 heteroatoms. The highest BCUT2D eigenvalue weighted by molar-refractivity contribution is 5.32. The number of benzene rings is 1. The van der Waals surface area contributed by atoms with Crippen LogP contribution in [-0.2, 0) is 0 Å². The van der Waals surface area contributed by atoms with Gasteiger partial charge < -0.3 is 5.73 Å². The van der Waals surface area contributed by atoms with E-state index in [1.165, 1.54) is 18.1 Å². The maximum Gasteiger partial charge on any atom is 0.126 e. The summed E-state index contributed by atoms with van der Waals surface area (Å²) in [5.74, 6) is -0.161. The number of hydrogen-bond donors (Lipinski definition) is 1. The van der Waals surface area contributed by atoms with Gasteiger partial charge in [-0.2, -0.15) is 0 Å². The Morgan fingerprint density at radius 1 is 1.40 bits per heavy atom. The zero-order chi connectivity index (χ0) is 10.8. The van der Waals surface area contributed by atoms with Gasteiger partial charge in [0.25, 0.3) is 0 Å². The van der Waals surface area contributed by atoms with Crippen LogP contribution < -0.4 is 5.73 Å². The Labute approximate surface area is 89.8 Å². The summed E-state index contributed by atoms with van der Waals surface area (Å²) in [6.45, 7) is 1.77. The first-order chi connectivity index (χ1) is 7.18. The summed E-state index contributed by atoms with van der Waals surface area (Å²) in [7, 11) is 0. The van der Waals surface area contributed by atoms with Crippen molar-refractivity contribution in [3.8, 4) is 0 Å². The number of halogens is 1. The Balaban J connectivity index is 2.25. The minimum Gasteiger partial charge on any atom is -0.321 e. The molecule has 0 bridgehead atoms. The van der Waals surface area contributed by atoms with Crippen LogP contribution in [0.2, 0.25) is 0 Å². The summed E-state index contributed by atoms with van der Waals surface area (Å²) in [6.07, 6.45) is 5.62. The fourth-order valence-corrected chi connectivity index (χ4v) is 2.05. The van der Waals surface area contributed by atoms with Gasteiger partial charge in [-0.15, -0.1) is 0 Å². The number of nitrogens with two attached hydrogens (primary N) is 1. The molecule has 1 aliphatic carbocycles. The van der Waals surface area contributed by atoms with Crippen molar-refractivity contribution in [1.29, 1.82) is 0 Å². The van der Waals surface area contributed by atoms with E-state index < -0.39 is 0 Å². The quantitative estimate of drug-likeness (QED) is 0.737. The summed E-state index contributed by atoms with van der Waals surface area (Å²) in [6, 6.07) is 5.08. The minimum atomic E-state index is -0.161. The first-order valence-electron chi connectivity index (χ1n) is 5.39. The van der Waals surface area contributed by atoms with Crippen LogP contribution in [0.3, 0.4) is 0 Å². The molecule has 0 fully saturated rings. The Kier molecular flexibility index (Phi) is 2.87. The van der Waals surface area contributed by atoms with Crippen LogP contribution in [0.5, 0.6) is 0 Å². The van der Waals surface area contributed by atoms with E-state index in [2.05, 4.69) is 6.08 Å².